The van der Waals surface area contributed by atoms with Crippen molar-refractivity contribution >= 4 is 12.0 Å². The van der Waals surface area contributed by atoms with E-state index in [2.05, 4.69) is 20.9 Å². The Hall–Kier alpha value is -1.34. The summed E-state index contributed by atoms with van der Waals surface area (Å²) in [6.45, 7) is 6.65. The van der Waals surface area contributed by atoms with Crippen LogP contribution in [-0.2, 0) is 4.79 Å². The molecule has 1 aliphatic rings. The normalized spacial score (nSPS) is 18.4. The molecule has 1 saturated heterocycles. The average Bonchev–Trinajstić information content (AvgIpc) is 2.30. The van der Waals surface area contributed by atoms with E-state index in [0.29, 0.717) is 6.54 Å². The van der Waals surface area contributed by atoms with Crippen molar-refractivity contribution in [3.05, 3.63) is 0 Å². The van der Waals surface area contributed by atoms with Crippen molar-refractivity contribution in [3.8, 4) is 0 Å². The Morgan fingerprint density at radius 1 is 1.41 bits per heavy atom. The summed E-state index contributed by atoms with van der Waals surface area (Å²) in [4.78, 5) is 24.0. The fourth-order valence-electron chi connectivity index (χ4n) is 1.57. The predicted octanol–water partition coefficient (Wildman–Crippen LogP) is -1.34. The van der Waals surface area contributed by atoms with Crippen molar-refractivity contribution in [1.29, 1.82) is 0 Å². The van der Waals surface area contributed by atoms with E-state index in [1.54, 1.807) is 0 Å². The van der Waals surface area contributed by atoms with Crippen molar-refractivity contribution in [1.82, 2.24) is 20.9 Å². The van der Waals surface area contributed by atoms with Crippen molar-refractivity contribution < 1.29 is 14.7 Å². The lowest BCUT2D eigenvalue weighted by Gasteiger charge is -2.27. The Morgan fingerprint density at radius 3 is 2.65 bits per heavy atom. The Kier molecular flexibility index (Phi) is 5.71. The number of hydrogen-bond donors (Lipinski definition) is 4. The molecule has 0 aromatic heterocycles. The van der Waals surface area contributed by atoms with Crippen LogP contribution in [0.3, 0.4) is 0 Å². The lowest BCUT2D eigenvalue weighted by molar-refractivity contribution is -0.138. The predicted molar refractivity (Wildman–Crippen MR) is 62.9 cm³/mol. The van der Waals surface area contributed by atoms with Gasteiger partial charge in [-0.05, 0) is 6.92 Å². The summed E-state index contributed by atoms with van der Waals surface area (Å²) < 4.78 is 0. The second kappa shape index (κ2) is 7.08. The van der Waals surface area contributed by atoms with Crippen molar-refractivity contribution in [2.75, 3.05) is 39.3 Å². The van der Waals surface area contributed by atoms with Crippen LogP contribution in [0.1, 0.15) is 6.92 Å². The van der Waals surface area contributed by atoms with Gasteiger partial charge >= 0.3 is 12.0 Å². The second-order valence-corrected chi connectivity index (χ2v) is 4.05. The van der Waals surface area contributed by atoms with Gasteiger partial charge < -0.3 is 21.1 Å². The first kappa shape index (κ1) is 13.7. The number of aliphatic carboxylic acids is 1. The van der Waals surface area contributed by atoms with E-state index < -0.39 is 18.0 Å². The topological polar surface area (TPSA) is 93.7 Å². The van der Waals surface area contributed by atoms with Gasteiger partial charge in [-0.15, -0.1) is 0 Å². The van der Waals surface area contributed by atoms with Crippen molar-refractivity contribution in [3.63, 3.8) is 0 Å². The molecule has 7 nitrogen and oxygen atoms in total. The first-order valence-corrected chi connectivity index (χ1v) is 5.80. The molecule has 0 aromatic carbocycles. The lowest BCUT2D eigenvalue weighted by atomic mass is 10.3. The monoisotopic (exact) mass is 244 g/mol. The highest BCUT2D eigenvalue weighted by Crippen LogP contribution is 1.90. The van der Waals surface area contributed by atoms with Crippen LogP contribution in [0.2, 0.25) is 0 Å². The van der Waals surface area contributed by atoms with Crippen LogP contribution in [0.25, 0.3) is 0 Å². The molecule has 17 heavy (non-hydrogen) atoms. The molecule has 1 heterocycles. The summed E-state index contributed by atoms with van der Waals surface area (Å²) in [6.07, 6.45) is 0. The van der Waals surface area contributed by atoms with Gasteiger partial charge in [0.2, 0.25) is 0 Å². The molecular formula is C10H20N4O3. The molecule has 1 atom stereocenters. The van der Waals surface area contributed by atoms with Crippen LogP contribution < -0.4 is 16.0 Å². The summed E-state index contributed by atoms with van der Waals surface area (Å²) >= 11 is 0. The van der Waals surface area contributed by atoms with Crippen LogP contribution in [-0.4, -0.2) is 67.3 Å². The first-order valence-electron chi connectivity index (χ1n) is 5.80. The number of carboxylic acid groups (broad SMARTS) is 1. The van der Waals surface area contributed by atoms with Gasteiger partial charge in [-0.1, -0.05) is 0 Å². The molecule has 0 bridgehead atoms. The third-order valence-corrected chi connectivity index (χ3v) is 2.64. The number of rotatable bonds is 5. The van der Waals surface area contributed by atoms with E-state index in [1.165, 1.54) is 6.92 Å². The maximum Gasteiger partial charge on any atom is 0.325 e. The van der Waals surface area contributed by atoms with E-state index >= 15 is 0 Å². The number of carbonyl (C=O) groups excluding carboxylic acids is 1. The number of nitrogens with zero attached hydrogens (tertiary/aromatic N) is 1. The van der Waals surface area contributed by atoms with Gasteiger partial charge in [0.1, 0.15) is 6.04 Å². The Labute approximate surface area is 101 Å². The van der Waals surface area contributed by atoms with E-state index in [1.807, 2.05) is 0 Å². The van der Waals surface area contributed by atoms with Crippen LogP contribution in [0.5, 0.6) is 0 Å². The summed E-state index contributed by atoms with van der Waals surface area (Å²) in [5, 5.41) is 16.8. The maximum atomic E-state index is 11.3. The Morgan fingerprint density at radius 2 is 2.06 bits per heavy atom. The van der Waals surface area contributed by atoms with Crippen LogP contribution in [0.4, 0.5) is 4.79 Å². The van der Waals surface area contributed by atoms with Crippen molar-refractivity contribution in [2.24, 2.45) is 0 Å². The Bertz CT molecular complexity index is 266. The van der Waals surface area contributed by atoms with Crippen LogP contribution in [0.15, 0.2) is 0 Å². The molecule has 4 N–H and O–H groups in total. The minimum absolute atomic E-state index is 0.435. The zero-order valence-corrected chi connectivity index (χ0v) is 10.0. The SMILES string of the molecule is C[C@H](NC(=O)NCCN1CCNCC1)C(=O)O. The molecule has 1 rings (SSSR count). The number of carboxylic acids is 1. The summed E-state index contributed by atoms with van der Waals surface area (Å²) in [5.74, 6) is -1.04. The zero-order chi connectivity index (χ0) is 12.7. The van der Waals surface area contributed by atoms with Gasteiger partial charge in [0.25, 0.3) is 0 Å². The number of nitrogens with one attached hydrogen (secondary N) is 3. The molecule has 0 unspecified atom stereocenters. The van der Waals surface area contributed by atoms with Gasteiger partial charge in [-0.25, -0.2) is 4.79 Å². The molecule has 7 heteroatoms. The maximum absolute atomic E-state index is 11.3. The van der Waals surface area contributed by atoms with Crippen molar-refractivity contribution in [2.45, 2.75) is 13.0 Å². The van der Waals surface area contributed by atoms with Gasteiger partial charge in [0.15, 0.2) is 0 Å². The van der Waals surface area contributed by atoms with Gasteiger partial charge in [-0.2, -0.15) is 0 Å². The van der Waals surface area contributed by atoms with Gasteiger partial charge in [0.05, 0.1) is 0 Å². The lowest BCUT2D eigenvalue weighted by Crippen LogP contribution is -2.49. The molecule has 0 aliphatic carbocycles. The highest BCUT2D eigenvalue weighted by atomic mass is 16.4. The van der Waals surface area contributed by atoms with E-state index in [-0.39, 0.29) is 0 Å². The van der Waals surface area contributed by atoms with Crippen LogP contribution >= 0.6 is 0 Å². The molecule has 98 valence electrons. The Balaban J connectivity index is 2.09. The third-order valence-electron chi connectivity index (χ3n) is 2.64. The molecule has 1 fully saturated rings. The van der Waals surface area contributed by atoms with Crippen LogP contribution in [0, 0.1) is 0 Å². The molecule has 0 spiro atoms. The zero-order valence-electron chi connectivity index (χ0n) is 10.0. The van der Waals surface area contributed by atoms with E-state index in [4.69, 9.17) is 5.11 Å². The number of amides is 2. The smallest absolute Gasteiger partial charge is 0.325 e. The van der Waals surface area contributed by atoms with E-state index in [9.17, 15) is 9.59 Å². The standard InChI is InChI=1S/C10H20N4O3/c1-8(9(15)16)13-10(17)12-4-7-14-5-2-11-3-6-14/h8,11H,2-7H2,1H3,(H,15,16)(H2,12,13,17)/t8-/m0/s1. The molecule has 1 aliphatic heterocycles. The highest BCUT2D eigenvalue weighted by Gasteiger charge is 2.14. The molecular weight excluding hydrogens is 224 g/mol. The minimum atomic E-state index is -1.04. The summed E-state index contributed by atoms with van der Waals surface area (Å²) in [5.41, 5.74) is 0. The first-order chi connectivity index (χ1) is 8.09. The molecule has 0 saturated carbocycles. The quantitative estimate of drug-likeness (QED) is 0.480. The molecule has 0 radical (unpaired) electrons. The minimum Gasteiger partial charge on any atom is -0.480 e. The van der Waals surface area contributed by atoms with Gasteiger partial charge in [-0.3, -0.25) is 9.69 Å². The highest BCUT2D eigenvalue weighted by molar-refractivity contribution is 5.82. The third kappa shape index (κ3) is 5.50. The largest absolute Gasteiger partial charge is 0.480 e. The fourth-order valence-corrected chi connectivity index (χ4v) is 1.57. The summed E-state index contributed by atoms with van der Waals surface area (Å²) in [7, 11) is 0. The fraction of sp³-hybridized carbons (Fsp3) is 0.800. The summed E-state index contributed by atoms with van der Waals surface area (Å²) in [6, 6.07) is -1.30. The molecule has 0 aromatic rings. The molecule has 2 amide bonds. The number of piperazine rings is 1. The average molecular weight is 244 g/mol. The second-order valence-electron chi connectivity index (χ2n) is 4.05. The van der Waals surface area contributed by atoms with E-state index in [0.717, 1.165) is 32.7 Å². The van der Waals surface area contributed by atoms with Gasteiger partial charge in [0, 0.05) is 39.3 Å². The number of hydrogen-bond acceptors (Lipinski definition) is 4. The number of carbonyl (C=O) groups is 2. The number of urea groups is 1.